The number of fused-ring (bicyclic) bond motifs is 1. The second kappa shape index (κ2) is 14.8. The Morgan fingerprint density at radius 1 is 1.25 bits per heavy atom. The molecule has 0 bridgehead atoms. The van der Waals surface area contributed by atoms with Crippen molar-refractivity contribution in [1.82, 2.24) is 4.98 Å². The van der Waals surface area contributed by atoms with Crippen molar-refractivity contribution in [1.29, 1.82) is 0 Å². The maximum atomic E-state index is 12.1. The molecule has 2 aliphatic rings. The fraction of sp³-hybridized carbons (Fsp3) is 0.385. The van der Waals surface area contributed by atoms with Gasteiger partial charge in [0.15, 0.2) is 0 Å². The molecule has 0 atom stereocenters. The van der Waals surface area contributed by atoms with E-state index in [0.29, 0.717) is 16.8 Å². The summed E-state index contributed by atoms with van der Waals surface area (Å²) in [5.41, 5.74) is 10.6. The maximum absolute atomic E-state index is 12.1. The van der Waals surface area contributed by atoms with Gasteiger partial charge in [0, 0.05) is 11.6 Å². The van der Waals surface area contributed by atoms with Gasteiger partial charge in [-0.25, -0.2) is 5.56 Å². The summed E-state index contributed by atoms with van der Waals surface area (Å²) in [6, 6.07) is 5.39. The minimum atomic E-state index is 0. The second-order valence-electron chi connectivity index (χ2n) is 7.65. The average molecular weight is 460 g/mol. The van der Waals surface area contributed by atoms with Gasteiger partial charge in [-0.1, -0.05) is 45.8 Å². The number of aryl methyl sites for hydroxylation is 2. The van der Waals surface area contributed by atoms with Gasteiger partial charge in [0.2, 0.25) is 5.91 Å². The molecule has 0 saturated heterocycles. The van der Waals surface area contributed by atoms with E-state index in [4.69, 9.17) is 5.73 Å². The normalized spacial score (nSPS) is 14.5. The van der Waals surface area contributed by atoms with Crippen molar-refractivity contribution >= 4 is 29.8 Å². The van der Waals surface area contributed by atoms with Crippen molar-refractivity contribution in [3.63, 3.8) is 0 Å². The van der Waals surface area contributed by atoms with Gasteiger partial charge in [-0.3, -0.25) is 22.8 Å². The van der Waals surface area contributed by atoms with E-state index in [-0.39, 0.29) is 63.2 Å². The summed E-state index contributed by atoms with van der Waals surface area (Å²) in [6.45, 7) is 9.57. The second-order valence-corrected chi connectivity index (χ2v) is 7.65. The molecule has 5 nitrogen and oxygen atoms in total. The molecule has 1 heterocycles. The number of benzene rings is 1. The number of allylic oxidation sites excluding steroid dienone is 1. The third kappa shape index (κ3) is 8.23. The van der Waals surface area contributed by atoms with Crippen LogP contribution in [0.2, 0.25) is 0 Å². The number of anilines is 2. The zero-order valence-corrected chi connectivity index (χ0v) is 23.0. The molecule has 168 valence electrons. The van der Waals surface area contributed by atoms with Crippen LogP contribution < -0.4 is 62.4 Å². The van der Waals surface area contributed by atoms with Gasteiger partial charge in [0.1, 0.15) is 5.82 Å². The summed E-state index contributed by atoms with van der Waals surface area (Å²) in [7, 11) is 0. The van der Waals surface area contributed by atoms with E-state index in [0.717, 1.165) is 49.9 Å². The number of aromatic nitrogens is 1. The van der Waals surface area contributed by atoms with E-state index in [2.05, 4.69) is 35.8 Å². The van der Waals surface area contributed by atoms with E-state index in [1.54, 1.807) is 18.4 Å². The monoisotopic (exact) mass is 459 g/mol. The van der Waals surface area contributed by atoms with Gasteiger partial charge >= 0.3 is 51.4 Å². The molecule has 1 fully saturated rings. The number of nitrogens with two attached hydrogens (primary N) is 1. The van der Waals surface area contributed by atoms with E-state index in [1.807, 2.05) is 26.8 Å². The Bertz CT molecular complexity index is 912. The third-order valence-corrected chi connectivity index (χ3v) is 5.46. The Labute approximate surface area is 235 Å². The number of carbonyl (C=O) groups is 1. The molecule has 4 rings (SSSR count). The minimum Gasteiger partial charge on any atom is -0.410 e. The minimum absolute atomic E-state index is 0. The maximum Gasteiger partial charge on any atom is 1.00 e. The number of rotatable bonds is 3. The molecule has 6 heteroatoms. The smallest absolute Gasteiger partial charge is 0.410 e. The van der Waals surface area contributed by atoms with Crippen molar-refractivity contribution < 1.29 is 61.0 Å². The van der Waals surface area contributed by atoms with Gasteiger partial charge in [0.05, 0.1) is 0 Å². The Morgan fingerprint density at radius 2 is 1.94 bits per heavy atom. The number of nitrogens with one attached hydrogen (secondary N) is 2. The topological polar surface area (TPSA) is 88.0 Å². The molecular weight excluding hydrogens is 425 g/mol. The van der Waals surface area contributed by atoms with Gasteiger partial charge in [-0.05, 0) is 36.4 Å². The van der Waals surface area contributed by atoms with Crippen molar-refractivity contribution in [3.8, 4) is 0 Å². The number of hydrogen-bond acceptors (Lipinski definition) is 3. The fourth-order valence-corrected chi connectivity index (χ4v) is 3.73. The van der Waals surface area contributed by atoms with E-state index < -0.39 is 0 Å². The summed E-state index contributed by atoms with van der Waals surface area (Å²) in [4.78, 5) is 25.7. The van der Waals surface area contributed by atoms with Crippen LogP contribution >= 0.6 is 0 Å². The van der Waals surface area contributed by atoms with E-state index in [1.165, 1.54) is 11.3 Å². The number of hydrogen-bond donors (Lipinski definition) is 3. The number of carbonyl (C=O) groups excluding carboxylic acids is 2. The number of amides is 1. The number of H-pyrrole nitrogens is 1. The zero-order valence-electron chi connectivity index (χ0n) is 19.9. The van der Waals surface area contributed by atoms with Gasteiger partial charge < -0.3 is 27.2 Å². The van der Waals surface area contributed by atoms with Crippen molar-refractivity contribution in [2.75, 3.05) is 11.1 Å². The molecule has 0 radical (unpaired) electrons. The van der Waals surface area contributed by atoms with Crippen LogP contribution in [-0.4, -0.2) is 17.2 Å². The molecule has 32 heavy (non-hydrogen) atoms. The van der Waals surface area contributed by atoms with Crippen LogP contribution in [-0.2, 0) is 16.0 Å². The Kier molecular flexibility index (Phi) is 13.2. The first-order chi connectivity index (χ1) is 15.0. The average Bonchev–Trinajstić information content (AvgIpc) is 3.21. The van der Waals surface area contributed by atoms with Crippen LogP contribution in [0.25, 0.3) is 6.08 Å². The van der Waals surface area contributed by atoms with Gasteiger partial charge in [-0.15, -0.1) is 6.07 Å². The first kappa shape index (κ1) is 28.7. The van der Waals surface area contributed by atoms with Crippen LogP contribution in [0.3, 0.4) is 0 Å². The van der Waals surface area contributed by atoms with Crippen LogP contribution in [0.4, 0.5) is 11.5 Å². The van der Waals surface area contributed by atoms with E-state index in [9.17, 15) is 9.59 Å². The van der Waals surface area contributed by atoms with E-state index >= 15 is 0 Å². The Hall–Kier alpha value is -1.31. The molecule has 1 saturated carbocycles. The SMILES string of the molecule is CC.O=C(Nc1cc2c([nH]1)CCC=C2)C1CC[CH-]CC1.[CH2-]c1c(C)cc(N)cc1[C-]=O.[K+]. The summed E-state index contributed by atoms with van der Waals surface area (Å²) < 4.78 is 0. The summed E-state index contributed by atoms with van der Waals surface area (Å²) in [5.74, 6) is 1.21. The molecule has 2 aromatic rings. The third-order valence-electron chi connectivity index (χ3n) is 5.46. The molecule has 1 amide bonds. The summed E-state index contributed by atoms with van der Waals surface area (Å²) in [5, 5.41) is 3.03. The van der Waals surface area contributed by atoms with Gasteiger partial charge in [-0.2, -0.15) is 18.9 Å². The zero-order chi connectivity index (χ0) is 22.8. The standard InChI is InChI=1S/C15H19N2O.C9H9NO.C2H6.K/c18-15(11-6-2-1-3-7-11)17-14-10-12-8-4-5-9-13(12)16-14;1-6-3-9(10)4-8(5-11)7(6)2;1-2;/h1,4,8,10-11,16H,2-3,5-7,9H2,(H,17,18);3-4H,2,10H2,1H3;1-2H3;/q-1;-2;;+1. The molecule has 1 aromatic carbocycles. The number of aromatic amines is 1. The van der Waals surface area contributed by atoms with Crippen LogP contribution in [0.5, 0.6) is 0 Å². The van der Waals surface area contributed by atoms with Crippen molar-refractivity contribution in [2.24, 2.45) is 5.92 Å². The quantitative estimate of drug-likeness (QED) is 0.374. The first-order valence-electron chi connectivity index (χ1n) is 11.1. The Balaban J connectivity index is 0.000000318. The van der Waals surface area contributed by atoms with Crippen molar-refractivity contribution in [2.45, 2.75) is 59.3 Å². The predicted octanol–water partition coefficient (Wildman–Crippen LogP) is 2.55. The molecule has 2 aliphatic carbocycles. The largest absolute Gasteiger partial charge is 1.00 e. The molecule has 0 aliphatic heterocycles. The molecule has 0 spiro atoms. The van der Waals surface area contributed by atoms with Crippen molar-refractivity contribution in [3.05, 3.63) is 65.6 Å². The molecule has 0 unspecified atom stereocenters. The van der Waals surface area contributed by atoms with Crippen LogP contribution in [0, 0.1) is 26.2 Å². The number of nitrogen functional groups attached to an aromatic ring is 1. The summed E-state index contributed by atoms with van der Waals surface area (Å²) in [6.07, 6.45) is 14.6. The fourth-order valence-electron chi connectivity index (χ4n) is 3.73. The van der Waals surface area contributed by atoms with Gasteiger partial charge in [0.25, 0.3) is 0 Å². The Morgan fingerprint density at radius 3 is 2.56 bits per heavy atom. The molecule has 4 N–H and O–H groups in total. The first-order valence-corrected chi connectivity index (χ1v) is 11.1. The molecular formula is C26H34KN3O2-2. The molecule has 1 aromatic heterocycles. The summed E-state index contributed by atoms with van der Waals surface area (Å²) >= 11 is 0. The van der Waals surface area contributed by atoms with Crippen LogP contribution in [0.15, 0.2) is 24.3 Å². The van der Waals surface area contributed by atoms with Crippen LogP contribution in [0.1, 0.15) is 73.9 Å². The predicted molar refractivity (Wildman–Crippen MR) is 129 cm³/mol.